The van der Waals surface area contributed by atoms with Gasteiger partial charge in [0, 0.05) is 6.04 Å². The van der Waals surface area contributed by atoms with Crippen LogP contribution in [0.4, 0.5) is 10.7 Å². The lowest BCUT2D eigenvalue weighted by molar-refractivity contribution is -0.137. The maximum absolute atomic E-state index is 11.4. The molecule has 92 valence electrons. The van der Waals surface area contributed by atoms with Crippen molar-refractivity contribution in [2.24, 2.45) is 0 Å². The van der Waals surface area contributed by atoms with E-state index in [1.54, 1.807) is 6.92 Å². The minimum absolute atomic E-state index is 0.0650. The van der Waals surface area contributed by atoms with Crippen molar-refractivity contribution in [3.63, 3.8) is 0 Å². The maximum Gasteiger partial charge on any atom is 0.321 e. The van der Waals surface area contributed by atoms with Gasteiger partial charge in [0.1, 0.15) is 0 Å². The second-order valence-corrected chi connectivity index (χ2v) is 3.27. The predicted octanol–water partition coefficient (Wildman–Crippen LogP) is 0.246. The second-order valence-electron chi connectivity index (χ2n) is 3.27. The van der Waals surface area contributed by atoms with Crippen LogP contribution >= 0.6 is 0 Å². The number of amides is 2. The van der Waals surface area contributed by atoms with E-state index in [0.717, 1.165) is 0 Å². The molecule has 0 aliphatic heterocycles. The SMILES string of the molecule is CCC(CC(=O)O)NC(=O)Nc1nccnn1. The number of aliphatic carboxylic acids is 1. The summed E-state index contributed by atoms with van der Waals surface area (Å²) in [7, 11) is 0. The molecule has 0 bridgehead atoms. The minimum atomic E-state index is -0.963. The monoisotopic (exact) mass is 239 g/mol. The number of carboxylic acids is 1. The van der Waals surface area contributed by atoms with Gasteiger partial charge in [0.25, 0.3) is 5.95 Å². The van der Waals surface area contributed by atoms with Crippen LogP contribution < -0.4 is 10.6 Å². The highest BCUT2D eigenvalue weighted by Crippen LogP contribution is 1.99. The van der Waals surface area contributed by atoms with Crippen LogP contribution in [0.1, 0.15) is 19.8 Å². The number of aromatic nitrogens is 3. The third kappa shape index (κ3) is 4.87. The molecule has 1 heterocycles. The molecule has 8 heteroatoms. The Morgan fingerprint density at radius 3 is 2.76 bits per heavy atom. The number of carboxylic acid groups (broad SMARTS) is 1. The molecule has 2 amide bonds. The number of anilines is 1. The number of urea groups is 1. The fourth-order valence-corrected chi connectivity index (χ4v) is 1.14. The van der Waals surface area contributed by atoms with E-state index in [-0.39, 0.29) is 12.4 Å². The number of rotatable bonds is 5. The summed E-state index contributed by atoms with van der Waals surface area (Å²) >= 11 is 0. The van der Waals surface area contributed by atoms with E-state index < -0.39 is 18.0 Å². The van der Waals surface area contributed by atoms with Gasteiger partial charge in [0.2, 0.25) is 0 Å². The predicted molar refractivity (Wildman–Crippen MR) is 58.3 cm³/mol. The molecule has 0 fully saturated rings. The van der Waals surface area contributed by atoms with Crippen molar-refractivity contribution < 1.29 is 14.7 Å². The topological polar surface area (TPSA) is 117 Å². The van der Waals surface area contributed by atoms with Gasteiger partial charge >= 0.3 is 12.0 Å². The summed E-state index contributed by atoms with van der Waals surface area (Å²) in [5.74, 6) is -0.898. The molecule has 0 saturated carbocycles. The minimum Gasteiger partial charge on any atom is -0.481 e. The lowest BCUT2D eigenvalue weighted by Crippen LogP contribution is -2.39. The van der Waals surface area contributed by atoms with Crippen molar-refractivity contribution in [1.82, 2.24) is 20.5 Å². The molecule has 1 rings (SSSR count). The van der Waals surface area contributed by atoms with Crippen molar-refractivity contribution in [3.05, 3.63) is 12.4 Å². The highest BCUT2D eigenvalue weighted by molar-refractivity contribution is 5.87. The van der Waals surface area contributed by atoms with E-state index >= 15 is 0 Å². The standard InChI is InChI=1S/C9H13N5O3/c1-2-6(5-7(15)16)12-9(17)13-8-10-3-4-11-14-8/h3-4,6H,2,5H2,1H3,(H,15,16)(H2,10,12,13,14,17). The van der Waals surface area contributed by atoms with E-state index in [2.05, 4.69) is 25.8 Å². The lowest BCUT2D eigenvalue weighted by Gasteiger charge is -2.14. The highest BCUT2D eigenvalue weighted by Gasteiger charge is 2.14. The van der Waals surface area contributed by atoms with Crippen LogP contribution in [0.5, 0.6) is 0 Å². The van der Waals surface area contributed by atoms with Gasteiger partial charge < -0.3 is 10.4 Å². The van der Waals surface area contributed by atoms with Crippen molar-refractivity contribution in [2.75, 3.05) is 5.32 Å². The zero-order valence-corrected chi connectivity index (χ0v) is 9.25. The second kappa shape index (κ2) is 6.36. The van der Waals surface area contributed by atoms with Crippen molar-refractivity contribution in [3.8, 4) is 0 Å². The van der Waals surface area contributed by atoms with Gasteiger partial charge in [-0.1, -0.05) is 6.92 Å². The number of hydrogen-bond acceptors (Lipinski definition) is 5. The Hall–Kier alpha value is -2.25. The molecule has 0 radical (unpaired) electrons. The van der Waals surface area contributed by atoms with E-state index in [1.165, 1.54) is 12.4 Å². The molecule has 0 aromatic carbocycles. The molecular formula is C9H13N5O3. The summed E-state index contributed by atoms with van der Waals surface area (Å²) in [5, 5.41) is 20.6. The fourth-order valence-electron chi connectivity index (χ4n) is 1.14. The fraction of sp³-hybridized carbons (Fsp3) is 0.444. The van der Waals surface area contributed by atoms with E-state index in [1.807, 2.05) is 0 Å². The molecule has 0 saturated heterocycles. The normalized spacial score (nSPS) is 11.6. The molecule has 0 aliphatic carbocycles. The molecule has 1 aromatic rings. The third-order valence-electron chi connectivity index (χ3n) is 1.96. The first-order valence-electron chi connectivity index (χ1n) is 5.04. The van der Waals surface area contributed by atoms with Crippen LogP contribution in [0, 0.1) is 0 Å². The first-order valence-corrected chi connectivity index (χ1v) is 5.04. The number of carbonyl (C=O) groups is 2. The summed E-state index contributed by atoms with van der Waals surface area (Å²) < 4.78 is 0. The number of nitrogens with one attached hydrogen (secondary N) is 2. The molecule has 8 nitrogen and oxygen atoms in total. The number of nitrogens with zero attached hydrogens (tertiary/aromatic N) is 3. The van der Waals surface area contributed by atoms with Gasteiger partial charge in [-0.2, -0.15) is 5.10 Å². The summed E-state index contributed by atoms with van der Waals surface area (Å²) in [6.45, 7) is 1.79. The van der Waals surface area contributed by atoms with Crippen molar-refractivity contribution in [1.29, 1.82) is 0 Å². The first kappa shape index (κ1) is 12.8. The maximum atomic E-state index is 11.4. The lowest BCUT2D eigenvalue weighted by atomic mass is 10.1. The largest absolute Gasteiger partial charge is 0.481 e. The number of hydrogen-bond donors (Lipinski definition) is 3. The van der Waals surface area contributed by atoms with Crippen molar-refractivity contribution >= 4 is 17.9 Å². The molecule has 0 spiro atoms. The van der Waals surface area contributed by atoms with Gasteiger partial charge in [-0.15, -0.1) is 5.10 Å². The van der Waals surface area contributed by atoms with Crippen LogP contribution in [-0.4, -0.2) is 38.3 Å². The van der Waals surface area contributed by atoms with Gasteiger partial charge in [0.05, 0.1) is 18.8 Å². The Kier molecular flexibility index (Phi) is 4.79. The van der Waals surface area contributed by atoms with E-state index in [9.17, 15) is 9.59 Å². The molecule has 0 aliphatic rings. The van der Waals surface area contributed by atoms with E-state index in [0.29, 0.717) is 6.42 Å². The highest BCUT2D eigenvalue weighted by atomic mass is 16.4. The van der Waals surface area contributed by atoms with Gasteiger partial charge in [-0.05, 0) is 6.42 Å². The summed E-state index contributed by atoms with van der Waals surface area (Å²) in [6.07, 6.45) is 3.16. The van der Waals surface area contributed by atoms with Gasteiger partial charge in [0.15, 0.2) is 0 Å². The molecule has 1 unspecified atom stereocenters. The smallest absolute Gasteiger partial charge is 0.321 e. The number of carbonyl (C=O) groups excluding carboxylic acids is 1. The zero-order chi connectivity index (χ0) is 12.7. The Bertz CT molecular complexity index is 383. The Labute approximate surface area is 97.5 Å². The summed E-state index contributed by atoms with van der Waals surface area (Å²) in [5.41, 5.74) is 0. The van der Waals surface area contributed by atoms with Crippen LogP contribution in [0.25, 0.3) is 0 Å². The Balaban J connectivity index is 2.45. The van der Waals surface area contributed by atoms with Crippen LogP contribution in [0.15, 0.2) is 12.4 Å². The van der Waals surface area contributed by atoms with Crippen LogP contribution in [0.3, 0.4) is 0 Å². The zero-order valence-electron chi connectivity index (χ0n) is 9.25. The quantitative estimate of drug-likeness (QED) is 0.677. The van der Waals surface area contributed by atoms with Crippen molar-refractivity contribution in [2.45, 2.75) is 25.8 Å². The van der Waals surface area contributed by atoms with E-state index in [4.69, 9.17) is 5.11 Å². The third-order valence-corrected chi connectivity index (χ3v) is 1.96. The molecule has 3 N–H and O–H groups in total. The Morgan fingerprint density at radius 1 is 1.47 bits per heavy atom. The summed E-state index contributed by atoms with van der Waals surface area (Å²) in [4.78, 5) is 25.7. The molecular weight excluding hydrogens is 226 g/mol. The molecule has 17 heavy (non-hydrogen) atoms. The van der Waals surface area contributed by atoms with Crippen LogP contribution in [-0.2, 0) is 4.79 Å². The average Bonchev–Trinajstić information content (AvgIpc) is 2.28. The van der Waals surface area contributed by atoms with Gasteiger partial charge in [-0.3, -0.25) is 10.1 Å². The first-order chi connectivity index (χ1) is 8.11. The van der Waals surface area contributed by atoms with Gasteiger partial charge in [-0.25, -0.2) is 9.78 Å². The molecule has 1 aromatic heterocycles. The molecule has 1 atom stereocenters. The van der Waals surface area contributed by atoms with Crippen LogP contribution in [0.2, 0.25) is 0 Å². The average molecular weight is 239 g/mol. The summed E-state index contributed by atoms with van der Waals surface area (Å²) in [6, 6.07) is -0.977. The Morgan fingerprint density at radius 2 is 2.24 bits per heavy atom.